The van der Waals surface area contributed by atoms with E-state index in [1.165, 1.54) is 43.4 Å². The average molecular weight is 268 g/mol. The summed E-state index contributed by atoms with van der Waals surface area (Å²) in [6.07, 6.45) is 7.67. The first-order valence-corrected chi connectivity index (χ1v) is 8.14. The van der Waals surface area contributed by atoms with Crippen molar-refractivity contribution in [3.8, 4) is 0 Å². The molecule has 3 atom stereocenters. The van der Waals surface area contributed by atoms with Gasteiger partial charge in [-0.3, -0.25) is 0 Å². The van der Waals surface area contributed by atoms with E-state index in [0.29, 0.717) is 25.0 Å². The summed E-state index contributed by atoms with van der Waals surface area (Å²) >= 11 is 0. The van der Waals surface area contributed by atoms with Crippen LogP contribution < -0.4 is 4.90 Å². The lowest BCUT2D eigenvalue weighted by Crippen LogP contribution is -3.13. The van der Waals surface area contributed by atoms with Crippen LogP contribution in [0, 0.1) is 17.8 Å². The molecule has 1 saturated carbocycles. The Kier molecular flexibility index (Phi) is 5.68. The van der Waals surface area contributed by atoms with Gasteiger partial charge in [0, 0.05) is 0 Å². The minimum Gasteiger partial charge on any atom is -0.461 e. The predicted molar refractivity (Wildman–Crippen MR) is 76.0 cm³/mol. The standard InChI is InChI=1S/C16H29NO2/c1-13-6-7-15(14(2)10-13)12-19-16(18)11-17-8-4-3-5-9-17/h13-15H,3-12H2,1-2H3/p+1. The first-order chi connectivity index (χ1) is 9.15. The average Bonchev–Trinajstić information content (AvgIpc) is 2.39. The lowest BCUT2D eigenvalue weighted by atomic mass is 9.76. The van der Waals surface area contributed by atoms with Crippen LogP contribution in [0.2, 0.25) is 0 Å². The number of hydrogen-bond acceptors (Lipinski definition) is 2. The first-order valence-electron chi connectivity index (χ1n) is 8.14. The zero-order chi connectivity index (χ0) is 13.7. The Morgan fingerprint density at radius 1 is 1.16 bits per heavy atom. The number of rotatable bonds is 4. The predicted octanol–water partition coefficient (Wildman–Crippen LogP) is 1.67. The highest BCUT2D eigenvalue weighted by Gasteiger charge is 2.27. The number of piperidine rings is 1. The molecular weight excluding hydrogens is 238 g/mol. The van der Waals surface area contributed by atoms with E-state index in [1.54, 1.807) is 0 Å². The van der Waals surface area contributed by atoms with E-state index in [9.17, 15) is 4.79 Å². The van der Waals surface area contributed by atoms with Crippen molar-refractivity contribution in [3.63, 3.8) is 0 Å². The Bertz CT molecular complexity index is 286. The fourth-order valence-corrected chi connectivity index (χ4v) is 3.66. The van der Waals surface area contributed by atoms with E-state index >= 15 is 0 Å². The van der Waals surface area contributed by atoms with Gasteiger partial charge in [0.2, 0.25) is 0 Å². The van der Waals surface area contributed by atoms with Crippen LogP contribution in [0.3, 0.4) is 0 Å². The molecular formula is C16H30NO2+. The van der Waals surface area contributed by atoms with Gasteiger partial charge in [-0.2, -0.15) is 0 Å². The Hall–Kier alpha value is -0.570. The molecule has 0 amide bonds. The number of esters is 1. The normalized spacial score (nSPS) is 33.1. The number of carbonyl (C=O) groups excluding carboxylic acids is 1. The van der Waals surface area contributed by atoms with Crippen LogP contribution in [0.15, 0.2) is 0 Å². The SMILES string of the molecule is CC1CCC(COC(=O)C[NH+]2CCCCC2)C(C)C1. The van der Waals surface area contributed by atoms with Gasteiger partial charge in [0.1, 0.15) is 0 Å². The number of hydrogen-bond donors (Lipinski definition) is 1. The largest absolute Gasteiger partial charge is 0.461 e. The van der Waals surface area contributed by atoms with Crippen molar-refractivity contribution in [2.24, 2.45) is 17.8 Å². The topological polar surface area (TPSA) is 30.7 Å². The van der Waals surface area contributed by atoms with Crippen molar-refractivity contribution in [1.82, 2.24) is 0 Å². The molecule has 1 aliphatic heterocycles. The maximum atomic E-state index is 11.9. The number of nitrogens with one attached hydrogen (secondary N) is 1. The monoisotopic (exact) mass is 268 g/mol. The summed E-state index contributed by atoms with van der Waals surface area (Å²) in [6.45, 7) is 8.17. The lowest BCUT2D eigenvalue weighted by Gasteiger charge is -2.32. The molecule has 110 valence electrons. The molecule has 1 N–H and O–H groups in total. The zero-order valence-electron chi connectivity index (χ0n) is 12.6. The molecule has 3 unspecified atom stereocenters. The van der Waals surface area contributed by atoms with Gasteiger partial charge in [-0.15, -0.1) is 0 Å². The molecule has 0 aromatic heterocycles. The highest BCUT2D eigenvalue weighted by atomic mass is 16.5. The van der Waals surface area contributed by atoms with Crippen molar-refractivity contribution in [1.29, 1.82) is 0 Å². The summed E-state index contributed by atoms with van der Waals surface area (Å²) in [7, 11) is 0. The molecule has 0 radical (unpaired) electrons. The lowest BCUT2D eigenvalue weighted by molar-refractivity contribution is -0.897. The third-order valence-corrected chi connectivity index (χ3v) is 5.02. The summed E-state index contributed by atoms with van der Waals surface area (Å²) < 4.78 is 5.53. The van der Waals surface area contributed by atoms with Crippen molar-refractivity contribution in [2.45, 2.75) is 52.4 Å². The van der Waals surface area contributed by atoms with E-state index in [4.69, 9.17) is 4.74 Å². The maximum Gasteiger partial charge on any atom is 0.361 e. The smallest absolute Gasteiger partial charge is 0.361 e. The van der Waals surface area contributed by atoms with Gasteiger partial charge < -0.3 is 9.64 Å². The van der Waals surface area contributed by atoms with Crippen LogP contribution in [-0.4, -0.2) is 32.2 Å². The molecule has 0 bridgehead atoms. The molecule has 3 nitrogen and oxygen atoms in total. The molecule has 0 spiro atoms. The third-order valence-electron chi connectivity index (χ3n) is 5.02. The summed E-state index contributed by atoms with van der Waals surface area (Å²) in [4.78, 5) is 13.3. The Morgan fingerprint density at radius 3 is 2.58 bits per heavy atom. The van der Waals surface area contributed by atoms with Crippen LogP contribution in [-0.2, 0) is 9.53 Å². The molecule has 2 rings (SSSR count). The number of likely N-dealkylation sites (tertiary alicyclic amines) is 1. The van der Waals surface area contributed by atoms with Crippen molar-refractivity contribution < 1.29 is 14.4 Å². The van der Waals surface area contributed by atoms with E-state index in [2.05, 4.69) is 13.8 Å². The van der Waals surface area contributed by atoms with Crippen LogP contribution in [0.25, 0.3) is 0 Å². The van der Waals surface area contributed by atoms with Gasteiger partial charge in [0.15, 0.2) is 6.54 Å². The second-order valence-electron chi connectivity index (χ2n) is 6.83. The summed E-state index contributed by atoms with van der Waals surface area (Å²) in [5, 5.41) is 0. The van der Waals surface area contributed by atoms with Gasteiger partial charge in [-0.25, -0.2) is 4.79 Å². The third kappa shape index (κ3) is 4.79. The van der Waals surface area contributed by atoms with Crippen molar-refractivity contribution >= 4 is 5.97 Å². The van der Waals surface area contributed by atoms with Crippen LogP contribution in [0.4, 0.5) is 0 Å². The Labute approximate surface area is 117 Å². The fraction of sp³-hybridized carbons (Fsp3) is 0.938. The number of quaternary nitrogens is 1. The maximum absolute atomic E-state index is 11.9. The molecule has 19 heavy (non-hydrogen) atoms. The van der Waals surface area contributed by atoms with Crippen LogP contribution >= 0.6 is 0 Å². The van der Waals surface area contributed by atoms with E-state index < -0.39 is 0 Å². The molecule has 0 aromatic carbocycles. The molecule has 1 saturated heterocycles. The van der Waals surface area contributed by atoms with Gasteiger partial charge in [0.05, 0.1) is 19.7 Å². The van der Waals surface area contributed by atoms with Crippen molar-refractivity contribution in [2.75, 3.05) is 26.2 Å². The van der Waals surface area contributed by atoms with E-state index in [0.717, 1.165) is 19.0 Å². The Morgan fingerprint density at radius 2 is 1.89 bits per heavy atom. The summed E-state index contributed by atoms with van der Waals surface area (Å²) in [5.74, 6) is 2.16. The second-order valence-corrected chi connectivity index (χ2v) is 6.83. The summed E-state index contributed by atoms with van der Waals surface area (Å²) in [5.41, 5.74) is 0. The van der Waals surface area contributed by atoms with Crippen LogP contribution in [0.1, 0.15) is 52.4 Å². The quantitative estimate of drug-likeness (QED) is 0.786. The molecule has 1 aliphatic carbocycles. The molecule has 3 heteroatoms. The zero-order valence-corrected chi connectivity index (χ0v) is 12.6. The summed E-state index contributed by atoms with van der Waals surface area (Å²) in [6, 6.07) is 0. The van der Waals surface area contributed by atoms with Crippen LogP contribution in [0.5, 0.6) is 0 Å². The van der Waals surface area contributed by atoms with Gasteiger partial charge in [0.25, 0.3) is 0 Å². The first kappa shape index (κ1) is 14.8. The molecule has 2 fully saturated rings. The molecule has 2 aliphatic rings. The Balaban J connectivity index is 1.65. The minimum atomic E-state index is 0.0164. The van der Waals surface area contributed by atoms with E-state index in [-0.39, 0.29) is 5.97 Å². The minimum absolute atomic E-state index is 0.0164. The number of carbonyl (C=O) groups is 1. The highest BCUT2D eigenvalue weighted by Crippen LogP contribution is 2.33. The second kappa shape index (κ2) is 7.28. The molecule has 0 aromatic rings. The van der Waals surface area contributed by atoms with E-state index in [1.807, 2.05) is 0 Å². The van der Waals surface area contributed by atoms with Gasteiger partial charge >= 0.3 is 5.97 Å². The fourth-order valence-electron chi connectivity index (χ4n) is 3.66. The number of ether oxygens (including phenoxy) is 1. The van der Waals surface area contributed by atoms with Gasteiger partial charge in [-0.1, -0.05) is 20.3 Å². The highest BCUT2D eigenvalue weighted by molar-refractivity contribution is 5.70. The van der Waals surface area contributed by atoms with Gasteiger partial charge in [-0.05, 0) is 49.9 Å². The van der Waals surface area contributed by atoms with Crippen molar-refractivity contribution in [3.05, 3.63) is 0 Å². The molecule has 1 heterocycles.